The SMILES string of the molecule is CCN(C)C(C)(C)CN1CCOCC1. The molecule has 1 rings (SSSR count). The van der Waals surface area contributed by atoms with E-state index in [9.17, 15) is 0 Å². The highest BCUT2D eigenvalue weighted by molar-refractivity contribution is 4.83. The molecule has 1 aliphatic heterocycles. The maximum atomic E-state index is 5.35. The molecule has 0 aromatic heterocycles. The summed E-state index contributed by atoms with van der Waals surface area (Å²) >= 11 is 0. The highest BCUT2D eigenvalue weighted by atomic mass is 16.5. The van der Waals surface area contributed by atoms with E-state index < -0.39 is 0 Å². The van der Waals surface area contributed by atoms with Crippen LogP contribution in [0.1, 0.15) is 20.8 Å². The van der Waals surface area contributed by atoms with Crippen molar-refractivity contribution < 1.29 is 4.74 Å². The Morgan fingerprint density at radius 3 is 2.36 bits per heavy atom. The molecule has 1 heterocycles. The first-order valence-corrected chi connectivity index (χ1v) is 5.57. The monoisotopic (exact) mass is 200 g/mol. The lowest BCUT2D eigenvalue weighted by Crippen LogP contribution is -2.52. The molecule has 0 unspecified atom stereocenters. The van der Waals surface area contributed by atoms with E-state index in [-0.39, 0.29) is 5.54 Å². The number of morpholine rings is 1. The van der Waals surface area contributed by atoms with E-state index in [0.29, 0.717) is 0 Å². The molecule has 0 atom stereocenters. The van der Waals surface area contributed by atoms with E-state index in [0.717, 1.165) is 39.4 Å². The zero-order valence-corrected chi connectivity index (χ0v) is 10.0. The Balaban J connectivity index is 2.40. The molecule has 0 amide bonds. The van der Waals surface area contributed by atoms with Crippen molar-refractivity contribution in [2.45, 2.75) is 26.3 Å². The normalized spacial score (nSPS) is 20.4. The number of ether oxygens (including phenoxy) is 1. The van der Waals surface area contributed by atoms with E-state index in [1.807, 2.05) is 0 Å². The first kappa shape index (κ1) is 12.0. The quantitative estimate of drug-likeness (QED) is 0.674. The molecule has 0 aliphatic carbocycles. The fourth-order valence-corrected chi connectivity index (χ4v) is 1.86. The molecule has 0 radical (unpaired) electrons. The van der Waals surface area contributed by atoms with Crippen LogP contribution in [0.2, 0.25) is 0 Å². The van der Waals surface area contributed by atoms with Gasteiger partial charge in [-0.3, -0.25) is 4.90 Å². The van der Waals surface area contributed by atoms with Crippen LogP contribution >= 0.6 is 0 Å². The molecule has 84 valence electrons. The number of hydrogen-bond donors (Lipinski definition) is 0. The van der Waals surface area contributed by atoms with Gasteiger partial charge in [-0.2, -0.15) is 0 Å². The smallest absolute Gasteiger partial charge is 0.0594 e. The second-order valence-corrected chi connectivity index (χ2v) is 4.72. The number of likely N-dealkylation sites (N-methyl/N-ethyl adjacent to an activating group) is 1. The van der Waals surface area contributed by atoms with Crippen LogP contribution in [0.5, 0.6) is 0 Å². The summed E-state index contributed by atoms with van der Waals surface area (Å²) in [6.45, 7) is 13.0. The standard InChI is InChI=1S/C11H24N2O/c1-5-12(4)11(2,3)10-13-6-8-14-9-7-13/h5-10H2,1-4H3. The zero-order valence-electron chi connectivity index (χ0n) is 10.0. The average Bonchev–Trinajstić information content (AvgIpc) is 2.17. The molecule has 0 N–H and O–H groups in total. The highest BCUT2D eigenvalue weighted by Crippen LogP contribution is 2.14. The second-order valence-electron chi connectivity index (χ2n) is 4.72. The van der Waals surface area contributed by atoms with Gasteiger partial charge in [0.15, 0.2) is 0 Å². The average molecular weight is 200 g/mol. The van der Waals surface area contributed by atoms with E-state index >= 15 is 0 Å². The van der Waals surface area contributed by atoms with Gasteiger partial charge in [-0.25, -0.2) is 0 Å². The lowest BCUT2D eigenvalue weighted by atomic mass is 10.0. The van der Waals surface area contributed by atoms with Crippen molar-refractivity contribution in [2.24, 2.45) is 0 Å². The largest absolute Gasteiger partial charge is 0.379 e. The van der Waals surface area contributed by atoms with Gasteiger partial charge < -0.3 is 9.64 Å². The number of rotatable bonds is 4. The minimum Gasteiger partial charge on any atom is -0.379 e. The van der Waals surface area contributed by atoms with E-state index in [1.165, 1.54) is 0 Å². The third-order valence-electron chi connectivity index (χ3n) is 3.22. The van der Waals surface area contributed by atoms with E-state index in [2.05, 4.69) is 37.6 Å². The summed E-state index contributed by atoms with van der Waals surface area (Å²) in [5.74, 6) is 0. The van der Waals surface area contributed by atoms with Gasteiger partial charge in [-0.15, -0.1) is 0 Å². The fourth-order valence-electron chi connectivity index (χ4n) is 1.86. The van der Waals surface area contributed by atoms with Gasteiger partial charge in [0.2, 0.25) is 0 Å². The van der Waals surface area contributed by atoms with Crippen molar-refractivity contribution in [3.05, 3.63) is 0 Å². The molecule has 1 fully saturated rings. The molecule has 0 aromatic carbocycles. The van der Waals surface area contributed by atoms with Gasteiger partial charge in [0, 0.05) is 25.2 Å². The molecule has 14 heavy (non-hydrogen) atoms. The molecule has 0 bridgehead atoms. The zero-order chi connectivity index (χ0) is 10.6. The number of hydrogen-bond acceptors (Lipinski definition) is 3. The third kappa shape index (κ3) is 3.23. The van der Waals surface area contributed by atoms with Crippen LogP contribution in [0.3, 0.4) is 0 Å². The predicted molar refractivity (Wildman–Crippen MR) is 59.6 cm³/mol. The first-order valence-electron chi connectivity index (χ1n) is 5.57. The van der Waals surface area contributed by atoms with Crippen molar-refractivity contribution in [2.75, 3.05) is 46.4 Å². The van der Waals surface area contributed by atoms with Crippen LogP contribution in [-0.2, 0) is 4.74 Å². The Kier molecular flexibility index (Phi) is 4.35. The summed E-state index contributed by atoms with van der Waals surface area (Å²) in [5, 5.41) is 0. The lowest BCUT2D eigenvalue weighted by molar-refractivity contribution is 0.0106. The van der Waals surface area contributed by atoms with E-state index in [4.69, 9.17) is 4.74 Å². The van der Waals surface area contributed by atoms with Gasteiger partial charge in [-0.05, 0) is 27.4 Å². The summed E-state index contributed by atoms with van der Waals surface area (Å²) in [6.07, 6.45) is 0. The van der Waals surface area contributed by atoms with Crippen molar-refractivity contribution in [3.8, 4) is 0 Å². The summed E-state index contributed by atoms with van der Waals surface area (Å²) in [4.78, 5) is 4.90. The summed E-state index contributed by atoms with van der Waals surface area (Å²) in [5.41, 5.74) is 0.270. The lowest BCUT2D eigenvalue weighted by Gasteiger charge is -2.40. The molecular weight excluding hydrogens is 176 g/mol. The van der Waals surface area contributed by atoms with Gasteiger partial charge in [-0.1, -0.05) is 6.92 Å². The highest BCUT2D eigenvalue weighted by Gasteiger charge is 2.26. The fraction of sp³-hybridized carbons (Fsp3) is 1.00. The van der Waals surface area contributed by atoms with Gasteiger partial charge >= 0.3 is 0 Å². The topological polar surface area (TPSA) is 15.7 Å². The van der Waals surface area contributed by atoms with Crippen LogP contribution in [0.25, 0.3) is 0 Å². The summed E-state index contributed by atoms with van der Waals surface area (Å²) in [6, 6.07) is 0. The predicted octanol–water partition coefficient (Wildman–Crippen LogP) is 1.05. The Labute approximate surface area is 88.0 Å². The maximum Gasteiger partial charge on any atom is 0.0594 e. The van der Waals surface area contributed by atoms with Gasteiger partial charge in [0.25, 0.3) is 0 Å². The molecule has 1 aliphatic rings. The molecular formula is C11H24N2O. The first-order chi connectivity index (χ1) is 6.56. The summed E-state index contributed by atoms with van der Waals surface area (Å²) in [7, 11) is 2.19. The summed E-state index contributed by atoms with van der Waals surface area (Å²) < 4.78 is 5.35. The molecule has 0 saturated carbocycles. The number of nitrogens with zero attached hydrogens (tertiary/aromatic N) is 2. The van der Waals surface area contributed by atoms with Gasteiger partial charge in [0.1, 0.15) is 0 Å². The molecule has 0 aromatic rings. The molecule has 3 heteroatoms. The van der Waals surface area contributed by atoms with Crippen molar-refractivity contribution >= 4 is 0 Å². The van der Waals surface area contributed by atoms with Crippen LogP contribution in [-0.4, -0.2) is 61.8 Å². The Hall–Kier alpha value is -0.120. The van der Waals surface area contributed by atoms with Crippen molar-refractivity contribution in [1.29, 1.82) is 0 Å². The minimum atomic E-state index is 0.270. The third-order valence-corrected chi connectivity index (χ3v) is 3.22. The second kappa shape index (κ2) is 5.10. The van der Waals surface area contributed by atoms with Crippen LogP contribution < -0.4 is 0 Å². The Morgan fingerprint density at radius 1 is 1.29 bits per heavy atom. The Morgan fingerprint density at radius 2 is 1.86 bits per heavy atom. The van der Waals surface area contributed by atoms with Crippen molar-refractivity contribution in [1.82, 2.24) is 9.80 Å². The van der Waals surface area contributed by atoms with Gasteiger partial charge in [0.05, 0.1) is 13.2 Å². The van der Waals surface area contributed by atoms with Crippen LogP contribution in [0, 0.1) is 0 Å². The molecule has 3 nitrogen and oxygen atoms in total. The molecule has 1 saturated heterocycles. The minimum absolute atomic E-state index is 0.270. The van der Waals surface area contributed by atoms with Crippen LogP contribution in [0.15, 0.2) is 0 Å². The van der Waals surface area contributed by atoms with E-state index in [1.54, 1.807) is 0 Å². The van der Waals surface area contributed by atoms with Crippen LogP contribution in [0.4, 0.5) is 0 Å². The van der Waals surface area contributed by atoms with Crippen molar-refractivity contribution in [3.63, 3.8) is 0 Å². The maximum absolute atomic E-state index is 5.35. The molecule has 0 spiro atoms. The Bertz CT molecular complexity index is 165.